The van der Waals surface area contributed by atoms with Crippen molar-refractivity contribution in [3.8, 4) is 16.9 Å². The van der Waals surface area contributed by atoms with Crippen LogP contribution in [0.5, 0.6) is 5.75 Å². The van der Waals surface area contributed by atoms with Gasteiger partial charge in [0.05, 0.1) is 18.3 Å². The van der Waals surface area contributed by atoms with Crippen LogP contribution in [0, 0.1) is 0 Å². The highest BCUT2D eigenvalue weighted by molar-refractivity contribution is 7.98. The van der Waals surface area contributed by atoms with Crippen LogP contribution in [0.2, 0.25) is 5.02 Å². The van der Waals surface area contributed by atoms with Gasteiger partial charge in [-0.3, -0.25) is 0 Å². The summed E-state index contributed by atoms with van der Waals surface area (Å²) < 4.78 is 5.64. The van der Waals surface area contributed by atoms with Crippen LogP contribution in [-0.4, -0.2) is 18.4 Å². The molecule has 0 atom stereocenters. The predicted molar refractivity (Wildman–Crippen MR) is 132 cm³/mol. The first-order chi connectivity index (χ1) is 14.5. The minimum atomic E-state index is -0.124. The van der Waals surface area contributed by atoms with Crippen molar-refractivity contribution in [1.82, 2.24) is 0 Å². The van der Waals surface area contributed by atoms with Crippen LogP contribution < -0.4 is 10.1 Å². The first-order valence-electron chi connectivity index (χ1n) is 10.1. The highest BCUT2D eigenvalue weighted by Gasteiger charge is 2.27. The quantitative estimate of drug-likeness (QED) is 0.432. The summed E-state index contributed by atoms with van der Waals surface area (Å²) in [6.07, 6.45) is 2.36. The fourth-order valence-corrected chi connectivity index (χ4v) is 5.01. The zero-order valence-corrected chi connectivity index (χ0v) is 19.1. The molecule has 0 spiro atoms. The van der Waals surface area contributed by atoms with E-state index in [0.717, 1.165) is 27.8 Å². The topological polar surface area (TPSA) is 21.3 Å². The molecule has 0 unspecified atom stereocenters. The Morgan fingerprint density at radius 2 is 1.57 bits per heavy atom. The molecule has 0 radical (unpaired) electrons. The Morgan fingerprint density at radius 3 is 2.33 bits per heavy atom. The lowest BCUT2D eigenvalue weighted by Crippen LogP contribution is -2.32. The summed E-state index contributed by atoms with van der Waals surface area (Å²) in [5, 5.41) is 4.52. The molecule has 1 heterocycles. The van der Waals surface area contributed by atoms with Crippen LogP contribution >= 0.6 is 23.4 Å². The molecule has 154 valence electrons. The maximum Gasteiger partial charge on any atom is 0.126 e. The van der Waals surface area contributed by atoms with Crippen LogP contribution in [0.1, 0.15) is 25.0 Å². The second-order valence-corrected chi connectivity index (χ2v) is 9.49. The molecule has 1 aliphatic heterocycles. The molecule has 0 aromatic heterocycles. The lowest BCUT2D eigenvalue weighted by molar-refractivity contribution is 0.416. The zero-order chi connectivity index (χ0) is 21.1. The second-order valence-electron chi connectivity index (χ2n) is 8.06. The third-order valence-corrected chi connectivity index (χ3v) is 6.53. The average molecular weight is 436 g/mol. The molecule has 2 nitrogen and oxygen atoms in total. The van der Waals surface area contributed by atoms with Gasteiger partial charge in [0.25, 0.3) is 0 Å². The number of benzene rings is 3. The molecule has 0 amide bonds. The molecule has 1 aliphatic rings. The van der Waals surface area contributed by atoms with Gasteiger partial charge in [-0.1, -0.05) is 66.2 Å². The minimum Gasteiger partial charge on any atom is -0.496 e. The number of rotatable bonds is 6. The average Bonchev–Trinajstić information content (AvgIpc) is 2.74. The van der Waals surface area contributed by atoms with Crippen LogP contribution in [0.25, 0.3) is 16.7 Å². The maximum absolute atomic E-state index is 6.01. The van der Waals surface area contributed by atoms with Gasteiger partial charge in [-0.15, -0.1) is 0 Å². The third-order valence-electron chi connectivity index (χ3n) is 5.23. The highest BCUT2D eigenvalue weighted by atomic mass is 35.5. The number of hydrogen-bond acceptors (Lipinski definition) is 3. The Hall–Kier alpha value is -2.36. The molecule has 1 N–H and O–H groups in total. The first-order valence-corrected chi connectivity index (χ1v) is 11.6. The normalized spacial score (nSPS) is 14.5. The summed E-state index contributed by atoms with van der Waals surface area (Å²) in [6, 6.07) is 22.8. The van der Waals surface area contributed by atoms with Crippen molar-refractivity contribution in [2.75, 3.05) is 18.2 Å². The Kier molecular flexibility index (Phi) is 6.12. The predicted octanol–water partition coefficient (Wildman–Crippen LogP) is 7.54. The monoisotopic (exact) mass is 435 g/mol. The molecule has 0 bridgehead atoms. The smallest absolute Gasteiger partial charge is 0.126 e. The van der Waals surface area contributed by atoms with Gasteiger partial charge < -0.3 is 10.1 Å². The molecule has 3 aromatic rings. The number of fused-ring (bicyclic) bond motifs is 1. The highest BCUT2D eigenvalue weighted by Crippen LogP contribution is 2.43. The Labute approximate surface area is 188 Å². The number of ether oxygens (including phenoxy) is 1. The van der Waals surface area contributed by atoms with Crippen molar-refractivity contribution >= 4 is 34.6 Å². The number of para-hydroxylation sites is 2. The molecule has 30 heavy (non-hydrogen) atoms. The number of thioether (sulfide) groups is 1. The van der Waals surface area contributed by atoms with Crippen molar-refractivity contribution in [2.24, 2.45) is 0 Å². The fraction of sp³-hybridized carbons (Fsp3) is 0.231. The van der Waals surface area contributed by atoms with Crippen LogP contribution in [0.3, 0.4) is 0 Å². The summed E-state index contributed by atoms with van der Waals surface area (Å²) in [4.78, 5) is 0. The zero-order valence-electron chi connectivity index (χ0n) is 17.5. The second kappa shape index (κ2) is 8.79. The van der Waals surface area contributed by atoms with Crippen molar-refractivity contribution in [3.63, 3.8) is 0 Å². The van der Waals surface area contributed by atoms with Gasteiger partial charge in [0.15, 0.2) is 0 Å². The van der Waals surface area contributed by atoms with Crippen molar-refractivity contribution in [2.45, 2.75) is 25.1 Å². The molecular formula is C26H26ClNOS. The number of nitrogens with one attached hydrogen (secondary N) is 1. The van der Waals surface area contributed by atoms with E-state index in [9.17, 15) is 0 Å². The number of halogens is 1. The molecular weight excluding hydrogens is 410 g/mol. The molecule has 4 rings (SSSR count). The van der Waals surface area contributed by atoms with Crippen LogP contribution in [-0.2, 0) is 5.75 Å². The Morgan fingerprint density at radius 1 is 0.867 bits per heavy atom. The van der Waals surface area contributed by atoms with Gasteiger partial charge in [-0.05, 0) is 43.2 Å². The van der Waals surface area contributed by atoms with Crippen LogP contribution in [0.15, 0.2) is 72.8 Å². The third kappa shape index (κ3) is 4.53. The largest absolute Gasteiger partial charge is 0.496 e. The van der Waals surface area contributed by atoms with Gasteiger partial charge in [0.2, 0.25) is 0 Å². The summed E-state index contributed by atoms with van der Waals surface area (Å²) in [5.41, 5.74) is 7.26. The summed E-state index contributed by atoms with van der Waals surface area (Å²) in [6.45, 7) is 4.44. The van der Waals surface area contributed by atoms with Gasteiger partial charge in [0, 0.05) is 33.2 Å². The maximum atomic E-state index is 6.01. The molecule has 3 aromatic carbocycles. The molecule has 0 fully saturated rings. The van der Waals surface area contributed by atoms with Gasteiger partial charge in [-0.25, -0.2) is 0 Å². The standard InChI is InChI=1S/C26H26ClNOS/c1-26(2)15-19(17-30-16-18-11-13-20(27)14-12-18)21-8-6-9-23(25(21)28-26)22-7-4-5-10-24(22)29-3/h4-15,28H,16-17H2,1-3H3. The van der Waals surface area contributed by atoms with E-state index in [4.69, 9.17) is 16.3 Å². The van der Waals surface area contributed by atoms with E-state index in [1.807, 2.05) is 36.0 Å². The van der Waals surface area contributed by atoms with E-state index >= 15 is 0 Å². The van der Waals surface area contributed by atoms with Crippen molar-refractivity contribution in [3.05, 3.63) is 89.0 Å². The Bertz CT molecular complexity index is 1070. The SMILES string of the molecule is COc1ccccc1-c1cccc2c1NC(C)(C)C=C2CSCc1ccc(Cl)cc1. The van der Waals surface area contributed by atoms with Gasteiger partial charge in [0.1, 0.15) is 5.75 Å². The molecule has 4 heteroatoms. The Balaban J connectivity index is 1.64. The van der Waals surface area contributed by atoms with Crippen molar-refractivity contribution < 1.29 is 4.74 Å². The fourth-order valence-electron chi connectivity index (χ4n) is 3.90. The molecule has 0 saturated heterocycles. The summed E-state index contributed by atoms with van der Waals surface area (Å²) >= 11 is 7.94. The van der Waals surface area contributed by atoms with Gasteiger partial charge >= 0.3 is 0 Å². The number of hydrogen-bond donors (Lipinski definition) is 1. The number of methoxy groups -OCH3 is 1. The van der Waals surface area contributed by atoms with E-state index in [-0.39, 0.29) is 5.54 Å². The van der Waals surface area contributed by atoms with E-state index in [1.165, 1.54) is 28.0 Å². The first kappa shape index (κ1) is 20.9. The lowest BCUT2D eigenvalue weighted by atomic mass is 9.87. The van der Waals surface area contributed by atoms with E-state index in [0.29, 0.717) is 0 Å². The lowest BCUT2D eigenvalue weighted by Gasteiger charge is -2.34. The van der Waals surface area contributed by atoms with Crippen molar-refractivity contribution in [1.29, 1.82) is 0 Å². The minimum absolute atomic E-state index is 0.124. The number of anilines is 1. The van der Waals surface area contributed by atoms with Crippen LogP contribution in [0.4, 0.5) is 5.69 Å². The molecule has 0 aliphatic carbocycles. The van der Waals surface area contributed by atoms with E-state index in [1.54, 1.807) is 7.11 Å². The van der Waals surface area contributed by atoms with E-state index < -0.39 is 0 Å². The van der Waals surface area contributed by atoms with Gasteiger partial charge in [-0.2, -0.15) is 11.8 Å². The molecule has 0 saturated carbocycles. The summed E-state index contributed by atoms with van der Waals surface area (Å²) in [5.74, 6) is 2.80. The summed E-state index contributed by atoms with van der Waals surface area (Å²) in [7, 11) is 1.73. The van der Waals surface area contributed by atoms with E-state index in [2.05, 4.69) is 67.7 Å².